The van der Waals surface area contributed by atoms with E-state index in [9.17, 15) is 8.42 Å². The van der Waals surface area contributed by atoms with Crippen molar-refractivity contribution in [3.8, 4) is 0 Å². The highest BCUT2D eigenvalue weighted by Crippen LogP contribution is 2.35. The molecule has 1 atom stereocenters. The van der Waals surface area contributed by atoms with Gasteiger partial charge in [-0.15, -0.1) is 11.8 Å². The highest BCUT2D eigenvalue weighted by atomic mass is 32.2. The second kappa shape index (κ2) is 6.94. The number of thioether (sulfide) groups is 1. The van der Waals surface area contributed by atoms with E-state index in [0.29, 0.717) is 6.42 Å². The van der Waals surface area contributed by atoms with Crippen molar-refractivity contribution in [2.75, 3.05) is 12.5 Å². The van der Waals surface area contributed by atoms with Gasteiger partial charge >= 0.3 is 0 Å². The predicted molar refractivity (Wildman–Crippen MR) is 108 cm³/mol. The summed E-state index contributed by atoms with van der Waals surface area (Å²) in [5.74, 6) is 0. The maximum atomic E-state index is 12.3. The molecule has 0 aliphatic carbocycles. The molecule has 4 rings (SSSR count). The van der Waals surface area contributed by atoms with E-state index in [-0.39, 0.29) is 6.04 Å². The van der Waals surface area contributed by atoms with Gasteiger partial charge in [0.2, 0.25) is 10.0 Å². The maximum Gasteiger partial charge on any atom is 0.247 e. The van der Waals surface area contributed by atoms with E-state index in [2.05, 4.69) is 15.1 Å². The lowest BCUT2D eigenvalue weighted by atomic mass is 9.99. The number of sulfonamides is 1. The molecule has 1 aliphatic rings. The van der Waals surface area contributed by atoms with Crippen LogP contribution in [0.25, 0.3) is 11.0 Å². The van der Waals surface area contributed by atoms with Gasteiger partial charge in [-0.2, -0.15) is 9.52 Å². The average molecular weight is 399 g/mol. The van der Waals surface area contributed by atoms with Gasteiger partial charge in [0.05, 0.1) is 29.0 Å². The number of fused-ring (bicyclic) bond motifs is 1. The first kappa shape index (κ1) is 17.9. The number of hydrogen-bond acceptors (Lipinski definition) is 6. The summed E-state index contributed by atoms with van der Waals surface area (Å²) in [7, 11) is -3.50. The van der Waals surface area contributed by atoms with Gasteiger partial charge in [0.15, 0.2) is 0 Å². The zero-order chi connectivity index (χ0) is 19.0. The van der Waals surface area contributed by atoms with Crippen molar-refractivity contribution in [2.24, 2.45) is 5.10 Å². The van der Waals surface area contributed by atoms with Crippen LogP contribution in [0.1, 0.15) is 23.6 Å². The van der Waals surface area contributed by atoms with Crippen LogP contribution >= 0.6 is 11.8 Å². The molecule has 1 unspecified atom stereocenters. The Hall–Kier alpha value is -2.45. The topological polar surface area (TPSA) is 75.5 Å². The molecule has 0 saturated carbocycles. The van der Waals surface area contributed by atoms with Gasteiger partial charge in [0.1, 0.15) is 0 Å². The van der Waals surface area contributed by atoms with E-state index in [4.69, 9.17) is 0 Å². The van der Waals surface area contributed by atoms with Crippen LogP contribution in [0.3, 0.4) is 0 Å². The Labute approximate surface area is 162 Å². The molecular weight excluding hydrogens is 380 g/mol. The first-order valence-electron chi connectivity index (χ1n) is 8.38. The Morgan fingerprint density at radius 2 is 1.74 bits per heavy atom. The number of benzene rings is 2. The number of hydrazone groups is 1. The third kappa shape index (κ3) is 3.54. The van der Waals surface area contributed by atoms with Gasteiger partial charge in [-0.25, -0.2) is 8.42 Å². The fourth-order valence-corrected chi connectivity index (χ4v) is 4.50. The minimum Gasteiger partial charge on any atom is -0.253 e. The van der Waals surface area contributed by atoms with Gasteiger partial charge in [0.25, 0.3) is 0 Å². The van der Waals surface area contributed by atoms with Crippen molar-refractivity contribution in [1.29, 1.82) is 0 Å². The van der Waals surface area contributed by atoms with Crippen LogP contribution < -0.4 is 0 Å². The van der Waals surface area contributed by atoms with Gasteiger partial charge in [-0.1, -0.05) is 18.2 Å². The number of aromatic nitrogens is 2. The predicted octanol–water partition coefficient (Wildman–Crippen LogP) is 3.46. The van der Waals surface area contributed by atoms with E-state index >= 15 is 0 Å². The molecule has 2 heterocycles. The zero-order valence-electron chi connectivity index (χ0n) is 14.9. The molecule has 0 saturated heterocycles. The fraction of sp³-hybridized carbons (Fsp3) is 0.211. The fourth-order valence-electron chi connectivity index (χ4n) is 3.19. The summed E-state index contributed by atoms with van der Waals surface area (Å²) in [5.41, 5.74) is 4.06. The van der Waals surface area contributed by atoms with E-state index in [1.165, 1.54) is 10.7 Å². The Balaban J connectivity index is 1.73. The van der Waals surface area contributed by atoms with Crippen LogP contribution in [-0.2, 0) is 10.0 Å². The maximum absolute atomic E-state index is 12.3. The van der Waals surface area contributed by atoms with Crippen molar-refractivity contribution in [3.63, 3.8) is 0 Å². The summed E-state index contributed by atoms with van der Waals surface area (Å²) in [6.45, 7) is 0. The van der Waals surface area contributed by atoms with Crippen LogP contribution in [0.4, 0.5) is 0 Å². The standard InChI is InChI=1S/C19H18N4O2S2/c1-26-15-6-3-13(4-7-15)17-12-19(23(22-17)27(2,24)25)14-5-8-16-18(11-14)21-10-9-20-16/h3-11,19H,12H2,1-2H3. The number of nitrogens with zero attached hydrogens (tertiary/aromatic N) is 4. The molecule has 1 aliphatic heterocycles. The molecule has 0 radical (unpaired) electrons. The third-order valence-corrected chi connectivity index (χ3v) is 6.27. The van der Waals surface area contributed by atoms with Crippen molar-refractivity contribution in [3.05, 3.63) is 66.0 Å². The molecule has 27 heavy (non-hydrogen) atoms. The SMILES string of the molecule is CSc1ccc(C2=NN(S(C)(=O)=O)C(c3ccc4nccnc4c3)C2)cc1. The summed E-state index contributed by atoms with van der Waals surface area (Å²) in [6, 6.07) is 13.3. The van der Waals surface area contributed by atoms with Gasteiger partial charge in [0, 0.05) is 23.7 Å². The Morgan fingerprint density at radius 3 is 2.41 bits per heavy atom. The van der Waals surface area contributed by atoms with Crippen molar-refractivity contribution in [2.45, 2.75) is 17.4 Å². The van der Waals surface area contributed by atoms with Crippen molar-refractivity contribution in [1.82, 2.24) is 14.4 Å². The average Bonchev–Trinajstić information content (AvgIpc) is 3.14. The second-order valence-corrected chi connectivity index (χ2v) is 9.05. The van der Waals surface area contributed by atoms with Crippen LogP contribution in [-0.4, -0.2) is 41.0 Å². The summed E-state index contributed by atoms with van der Waals surface area (Å²) >= 11 is 1.66. The molecule has 0 fully saturated rings. The lowest BCUT2D eigenvalue weighted by Gasteiger charge is -2.21. The first-order valence-corrected chi connectivity index (χ1v) is 11.4. The van der Waals surface area contributed by atoms with Crippen molar-refractivity contribution >= 4 is 38.5 Å². The van der Waals surface area contributed by atoms with E-state index in [0.717, 1.165) is 32.8 Å². The van der Waals surface area contributed by atoms with Crippen LogP contribution in [0.5, 0.6) is 0 Å². The summed E-state index contributed by atoms with van der Waals surface area (Å²) in [5, 5.41) is 4.44. The Kier molecular flexibility index (Phi) is 4.61. The van der Waals surface area contributed by atoms with E-state index < -0.39 is 10.0 Å². The van der Waals surface area contributed by atoms with Crippen LogP contribution in [0.2, 0.25) is 0 Å². The number of hydrogen-bond donors (Lipinski definition) is 0. The molecule has 8 heteroatoms. The molecule has 0 bridgehead atoms. The van der Waals surface area contributed by atoms with Gasteiger partial charge < -0.3 is 0 Å². The zero-order valence-corrected chi connectivity index (χ0v) is 16.5. The third-order valence-electron chi connectivity index (χ3n) is 4.51. The van der Waals surface area contributed by atoms with E-state index in [1.54, 1.807) is 24.2 Å². The molecule has 0 spiro atoms. The van der Waals surface area contributed by atoms with Gasteiger partial charge in [-0.05, 0) is 41.6 Å². The second-order valence-electron chi connectivity index (χ2n) is 6.34. The normalized spacial score (nSPS) is 17.3. The van der Waals surface area contributed by atoms with Crippen LogP contribution in [0, 0.1) is 0 Å². The Bertz CT molecular complexity index is 1130. The molecular formula is C19H18N4O2S2. The largest absolute Gasteiger partial charge is 0.253 e. The molecule has 6 nitrogen and oxygen atoms in total. The minimum atomic E-state index is -3.50. The van der Waals surface area contributed by atoms with Crippen LogP contribution in [0.15, 0.2) is 64.9 Å². The number of rotatable bonds is 4. The molecule has 0 amide bonds. The monoisotopic (exact) mass is 398 g/mol. The van der Waals surface area contributed by atoms with Gasteiger partial charge in [-0.3, -0.25) is 9.97 Å². The quantitative estimate of drug-likeness (QED) is 0.629. The molecule has 0 N–H and O–H groups in total. The highest BCUT2D eigenvalue weighted by Gasteiger charge is 2.34. The minimum absolute atomic E-state index is 0.387. The lowest BCUT2D eigenvalue weighted by molar-refractivity contribution is 0.375. The highest BCUT2D eigenvalue weighted by molar-refractivity contribution is 7.98. The summed E-state index contributed by atoms with van der Waals surface area (Å²) in [6.07, 6.45) is 6.98. The summed E-state index contributed by atoms with van der Waals surface area (Å²) < 4.78 is 25.9. The molecule has 138 valence electrons. The Morgan fingerprint density at radius 1 is 1.04 bits per heavy atom. The van der Waals surface area contributed by atoms with Crippen molar-refractivity contribution < 1.29 is 8.42 Å². The van der Waals surface area contributed by atoms with E-state index in [1.807, 2.05) is 48.7 Å². The lowest BCUT2D eigenvalue weighted by Crippen LogP contribution is -2.25. The first-order chi connectivity index (χ1) is 13.0. The molecule has 2 aromatic carbocycles. The smallest absolute Gasteiger partial charge is 0.247 e. The molecule has 1 aromatic heterocycles. The molecule has 3 aromatic rings. The summed E-state index contributed by atoms with van der Waals surface area (Å²) in [4.78, 5) is 9.75.